The molecule has 0 bridgehead atoms. The molecule has 1 amide bonds. The van der Waals surface area contributed by atoms with Crippen LogP contribution in [0.2, 0.25) is 0 Å². The zero-order chi connectivity index (χ0) is 15.6. The normalized spacial score (nSPS) is 10.3. The summed E-state index contributed by atoms with van der Waals surface area (Å²) in [5, 5.41) is 2.97. The van der Waals surface area contributed by atoms with Gasteiger partial charge in [0.15, 0.2) is 0 Å². The molecule has 0 heterocycles. The number of carbonyl (C=O) groups is 1. The first kappa shape index (κ1) is 14.9. The first-order chi connectivity index (χ1) is 9.90. The van der Waals surface area contributed by atoms with Crippen LogP contribution in [-0.4, -0.2) is 20.0 Å². The maximum Gasteiger partial charge on any atom is 0.257 e. The molecule has 2 aromatic rings. The monoisotopic (exact) mass is 283 g/mol. The van der Waals surface area contributed by atoms with Crippen molar-refractivity contribution in [2.75, 3.05) is 30.0 Å². The molecule has 2 rings (SSSR count). The summed E-state index contributed by atoms with van der Waals surface area (Å²) in [5.41, 5.74) is 10.8. The zero-order valence-electron chi connectivity index (χ0n) is 12.9. The molecule has 0 aliphatic rings. The third-order valence-electron chi connectivity index (χ3n) is 3.60. The highest BCUT2D eigenvalue weighted by molar-refractivity contribution is 6.09. The molecule has 21 heavy (non-hydrogen) atoms. The minimum atomic E-state index is -0.153. The third-order valence-corrected chi connectivity index (χ3v) is 3.60. The molecule has 0 fully saturated rings. The van der Waals surface area contributed by atoms with E-state index in [1.165, 1.54) is 0 Å². The summed E-state index contributed by atoms with van der Waals surface area (Å²) in [6, 6.07) is 11.2. The number of carbonyl (C=O) groups excluding carboxylic acids is 1. The van der Waals surface area contributed by atoms with Crippen LogP contribution < -0.4 is 16.0 Å². The van der Waals surface area contributed by atoms with Crippen LogP contribution in [-0.2, 0) is 0 Å². The highest BCUT2D eigenvalue weighted by Crippen LogP contribution is 2.24. The van der Waals surface area contributed by atoms with Gasteiger partial charge >= 0.3 is 0 Å². The molecule has 0 saturated carbocycles. The van der Waals surface area contributed by atoms with Gasteiger partial charge in [-0.2, -0.15) is 0 Å². The van der Waals surface area contributed by atoms with Crippen molar-refractivity contribution >= 4 is 23.0 Å². The van der Waals surface area contributed by atoms with Crippen LogP contribution in [0.5, 0.6) is 0 Å². The minimum Gasteiger partial charge on any atom is -0.399 e. The van der Waals surface area contributed by atoms with Crippen molar-refractivity contribution in [3.63, 3.8) is 0 Å². The van der Waals surface area contributed by atoms with Gasteiger partial charge in [0.2, 0.25) is 0 Å². The minimum absolute atomic E-state index is 0.153. The van der Waals surface area contributed by atoms with Gasteiger partial charge in [-0.1, -0.05) is 12.1 Å². The maximum absolute atomic E-state index is 12.6. The van der Waals surface area contributed by atoms with E-state index in [-0.39, 0.29) is 5.91 Å². The Balaban J connectivity index is 2.37. The lowest BCUT2D eigenvalue weighted by atomic mass is 10.1. The Morgan fingerprint density at radius 1 is 1.14 bits per heavy atom. The third kappa shape index (κ3) is 3.16. The maximum atomic E-state index is 12.6. The van der Waals surface area contributed by atoms with Crippen LogP contribution >= 0.6 is 0 Å². The average molecular weight is 283 g/mol. The Labute approximate surface area is 125 Å². The molecule has 0 radical (unpaired) electrons. The molecule has 4 heteroatoms. The lowest BCUT2D eigenvalue weighted by Gasteiger charge is -2.18. The summed E-state index contributed by atoms with van der Waals surface area (Å²) < 4.78 is 0. The van der Waals surface area contributed by atoms with Gasteiger partial charge in [0.25, 0.3) is 5.91 Å². The molecule has 110 valence electrons. The summed E-state index contributed by atoms with van der Waals surface area (Å²) in [7, 11) is 3.81. The number of nitrogens with one attached hydrogen (secondary N) is 1. The number of benzene rings is 2. The van der Waals surface area contributed by atoms with E-state index in [1.54, 1.807) is 12.1 Å². The Hall–Kier alpha value is -2.49. The fraction of sp³-hybridized carbons (Fsp3) is 0.235. The second kappa shape index (κ2) is 5.87. The van der Waals surface area contributed by atoms with E-state index in [0.29, 0.717) is 11.3 Å². The van der Waals surface area contributed by atoms with E-state index in [9.17, 15) is 4.79 Å². The van der Waals surface area contributed by atoms with Crippen LogP contribution in [0.1, 0.15) is 21.5 Å². The number of nitrogen functional groups attached to an aromatic ring is 1. The van der Waals surface area contributed by atoms with E-state index in [1.807, 2.05) is 57.1 Å². The molecule has 0 aromatic heterocycles. The van der Waals surface area contributed by atoms with Crippen molar-refractivity contribution < 1.29 is 4.79 Å². The summed E-state index contributed by atoms with van der Waals surface area (Å²) >= 11 is 0. The lowest BCUT2D eigenvalue weighted by molar-refractivity contribution is 0.102. The van der Waals surface area contributed by atoms with Crippen molar-refractivity contribution in [1.82, 2.24) is 0 Å². The second-order valence-corrected chi connectivity index (χ2v) is 5.37. The van der Waals surface area contributed by atoms with Crippen molar-refractivity contribution in [3.05, 3.63) is 53.1 Å². The molecule has 0 spiro atoms. The van der Waals surface area contributed by atoms with E-state index < -0.39 is 0 Å². The van der Waals surface area contributed by atoms with Crippen LogP contribution in [0.25, 0.3) is 0 Å². The lowest BCUT2D eigenvalue weighted by Crippen LogP contribution is -2.19. The number of aryl methyl sites for hydroxylation is 1. The predicted molar refractivity (Wildman–Crippen MR) is 89.1 cm³/mol. The summed E-state index contributed by atoms with van der Waals surface area (Å²) in [5.74, 6) is -0.153. The van der Waals surface area contributed by atoms with Crippen molar-refractivity contribution in [3.8, 4) is 0 Å². The Morgan fingerprint density at radius 3 is 2.52 bits per heavy atom. The van der Waals surface area contributed by atoms with Gasteiger partial charge in [0, 0.05) is 31.2 Å². The molecular formula is C17H21N3O. The number of rotatable bonds is 3. The molecule has 2 aromatic carbocycles. The smallest absolute Gasteiger partial charge is 0.257 e. The first-order valence-electron chi connectivity index (χ1n) is 6.84. The quantitative estimate of drug-likeness (QED) is 0.850. The van der Waals surface area contributed by atoms with E-state index >= 15 is 0 Å². The molecule has 0 unspecified atom stereocenters. The van der Waals surface area contributed by atoms with Gasteiger partial charge in [-0.05, 0) is 49.2 Å². The van der Waals surface area contributed by atoms with E-state index in [4.69, 9.17) is 5.73 Å². The molecule has 0 aliphatic carbocycles. The standard InChI is InChI=1S/C17H21N3O/c1-11-6-5-7-15(12(11)2)19-17(21)14-10-13(18)8-9-16(14)20(3)4/h5-10H,18H2,1-4H3,(H,19,21). The van der Waals surface area contributed by atoms with Gasteiger partial charge in [-0.25, -0.2) is 0 Å². The largest absolute Gasteiger partial charge is 0.399 e. The fourth-order valence-electron chi connectivity index (χ4n) is 2.20. The highest BCUT2D eigenvalue weighted by atomic mass is 16.1. The molecule has 0 atom stereocenters. The number of hydrogen-bond acceptors (Lipinski definition) is 3. The molecule has 0 saturated heterocycles. The van der Waals surface area contributed by atoms with E-state index in [0.717, 1.165) is 22.5 Å². The van der Waals surface area contributed by atoms with Crippen LogP contribution in [0.3, 0.4) is 0 Å². The summed E-state index contributed by atoms with van der Waals surface area (Å²) in [4.78, 5) is 14.5. The number of nitrogens with two attached hydrogens (primary N) is 1. The van der Waals surface area contributed by atoms with Crippen molar-refractivity contribution in [2.45, 2.75) is 13.8 Å². The van der Waals surface area contributed by atoms with Gasteiger partial charge in [0.05, 0.1) is 5.56 Å². The molecule has 0 aliphatic heterocycles. The molecular weight excluding hydrogens is 262 g/mol. The zero-order valence-corrected chi connectivity index (χ0v) is 12.9. The van der Waals surface area contributed by atoms with Gasteiger partial charge in [-0.3, -0.25) is 4.79 Å². The first-order valence-corrected chi connectivity index (χ1v) is 6.84. The van der Waals surface area contributed by atoms with Gasteiger partial charge in [-0.15, -0.1) is 0 Å². The van der Waals surface area contributed by atoms with Gasteiger partial charge < -0.3 is 16.0 Å². The van der Waals surface area contributed by atoms with Crippen LogP contribution in [0.4, 0.5) is 17.1 Å². The van der Waals surface area contributed by atoms with E-state index in [2.05, 4.69) is 5.32 Å². The van der Waals surface area contributed by atoms with Crippen molar-refractivity contribution in [1.29, 1.82) is 0 Å². The van der Waals surface area contributed by atoms with Crippen LogP contribution in [0, 0.1) is 13.8 Å². The summed E-state index contributed by atoms with van der Waals surface area (Å²) in [6.45, 7) is 4.02. The highest BCUT2D eigenvalue weighted by Gasteiger charge is 2.14. The fourth-order valence-corrected chi connectivity index (χ4v) is 2.20. The molecule has 4 nitrogen and oxygen atoms in total. The van der Waals surface area contributed by atoms with Gasteiger partial charge in [0.1, 0.15) is 0 Å². The number of hydrogen-bond donors (Lipinski definition) is 2. The predicted octanol–water partition coefficient (Wildman–Crippen LogP) is 3.20. The Bertz CT molecular complexity index is 678. The second-order valence-electron chi connectivity index (χ2n) is 5.37. The summed E-state index contributed by atoms with van der Waals surface area (Å²) in [6.07, 6.45) is 0. The Morgan fingerprint density at radius 2 is 1.86 bits per heavy atom. The Kier molecular flexibility index (Phi) is 4.17. The topological polar surface area (TPSA) is 58.4 Å². The number of amides is 1. The van der Waals surface area contributed by atoms with Crippen molar-refractivity contribution in [2.24, 2.45) is 0 Å². The van der Waals surface area contributed by atoms with Crippen LogP contribution in [0.15, 0.2) is 36.4 Å². The molecule has 3 N–H and O–H groups in total. The number of nitrogens with zero attached hydrogens (tertiary/aromatic N) is 1. The SMILES string of the molecule is Cc1cccc(NC(=O)c2cc(N)ccc2N(C)C)c1C. The average Bonchev–Trinajstić information content (AvgIpc) is 2.43. The number of anilines is 3.